The van der Waals surface area contributed by atoms with Crippen molar-refractivity contribution in [1.29, 1.82) is 0 Å². The Morgan fingerprint density at radius 2 is 1.75 bits per heavy atom. The van der Waals surface area contributed by atoms with Crippen molar-refractivity contribution in [3.63, 3.8) is 0 Å². The number of nitrogens with one attached hydrogen (secondary N) is 2. The molecule has 1 unspecified atom stereocenters. The summed E-state index contributed by atoms with van der Waals surface area (Å²) in [5, 5.41) is 7.36. The van der Waals surface area contributed by atoms with Gasteiger partial charge in [-0.05, 0) is 65.9 Å². The molecule has 0 spiro atoms. The maximum absolute atomic E-state index is 15.9. The summed E-state index contributed by atoms with van der Waals surface area (Å²) in [6.45, 7) is 5.04. The van der Waals surface area contributed by atoms with Crippen LogP contribution < -0.4 is 20.4 Å². The number of carbonyl (C=O) groups is 4. The number of urea groups is 1. The lowest BCUT2D eigenvalue weighted by molar-refractivity contribution is -0.121. The van der Waals surface area contributed by atoms with E-state index in [1.165, 1.54) is 27.2 Å². The molecule has 2 saturated heterocycles. The summed E-state index contributed by atoms with van der Waals surface area (Å²) in [7, 11) is 0. The molecule has 0 radical (unpaired) electrons. The second-order valence-electron chi connectivity index (χ2n) is 14.1. The molecule has 5 aromatic rings. The fraction of sp³-hybridized carbons (Fsp3) is 0.308. The largest absolute Gasteiger partial charge is 0.369 e. The lowest BCUT2D eigenvalue weighted by Gasteiger charge is -2.36. The first-order valence-electron chi connectivity index (χ1n) is 18.3. The summed E-state index contributed by atoms with van der Waals surface area (Å²) < 4.78 is 17.9. The average Bonchev–Trinajstić information content (AvgIpc) is 4.01. The molecule has 9 rings (SSSR count). The normalized spacial score (nSPS) is 17.7. The number of imidazole rings is 1. The Morgan fingerprint density at radius 3 is 2.53 bits per heavy atom. The number of amides is 5. The van der Waals surface area contributed by atoms with Gasteiger partial charge in [0.05, 0.1) is 18.6 Å². The number of pyridine rings is 1. The Kier molecular flexibility index (Phi) is 9.06. The summed E-state index contributed by atoms with van der Waals surface area (Å²) in [5.41, 5.74) is 5.38. The molecule has 4 aliphatic heterocycles. The van der Waals surface area contributed by atoms with Gasteiger partial charge in [0.15, 0.2) is 11.2 Å². The molecule has 4 aliphatic rings. The van der Waals surface area contributed by atoms with Crippen LogP contribution in [0.25, 0.3) is 11.1 Å². The minimum absolute atomic E-state index is 0.0481. The van der Waals surface area contributed by atoms with Gasteiger partial charge in [0.2, 0.25) is 5.91 Å². The monoisotopic (exact) mass is 760 g/mol. The molecule has 280 valence electrons. The van der Waals surface area contributed by atoms with Crippen molar-refractivity contribution in [3.8, 4) is 11.1 Å². The van der Waals surface area contributed by atoms with Crippen molar-refractivity contribution in [2.45, 2.75) is 44.9 Å². The van der Waals surface area contributed by atoms with Gasteiger partial charge >= 0.3 is 6.03 Å². The lowest BCUT2D eigenvalue weighted by atomic mass is 9.99. The summed E-state index contributed by atoms with van der Waals surface area (Å²) >= 11 is 1.28. The first-order chi connectivity index (χ1) is 26.8. The van der Waals surface area contributed by atoms with Crippen LogP contribution in [0.5, 0.6) is 0 Å². The van der Waals surface area contributed by atoms with Gasteiger partial charge < -0.3 is 14.4 Å². The maximum atomic E-state index is 15.9. The highest BCUT2D eigenvalue weighted by atomic mass is 32.1. The zero-order valence-electron chi connectivity index (χ0n) is 29.8. The van der Waals surface area contributed by atoms with Crippen LogP contribution >= 0.6 is 11.3 Å². The number of imide groups is 1. The Bertz CT molecular complexity index is 2310. The van der Waals surface area contributed by atoms with Crippen LogP contribution in [0.15, 0.2) is 72.6 Å². The second-order valence-corrected chi connectivity index (χ2v) is 15.0. The number of benzene rings is 2. The van der Waals surface area contributed by atoms with E-state index in [2.05, 4.69) is 35.4 Å². The minimum atomic E-state index is -1.04. The van der Waals surface area contributed by atoms with Gasteiger partial charge in [0.1, 0.15) is 11.6 Å². The fourth-order valence-electron chi connectivity index (χ4n) is 7.94. The van der Waals surface area contributed by atoms with E-state index < -0.39 is 29.7 Å². The fourth-order valence-corrected chi connectivity index (χ4v) is 8.47. The highest BCUT2D eigenvalue weighted by molar-refractivity contribution is 7.13. The minimum Gasteiger partial charge on any atom is -0.369 e. The highest BCUT2D eigenvalue weighted by Gasteiger charge is 2.42. The molecule has 7 heterocycles. The third-order valence-electron chi connectivity index (χ3n) is 10.8. The number of nitrogens with zero attached hydrogens (tertiary/aromatic N) is 8. The number of aromatic nitrogens is 4. The van der Waals surface area contributed by atoms with Crippen LogP contribution in [-0.4, -0.2) is 85.8 Å². The Balaban J connectivity index is 0.871. The van der Waals surface area contributed by atoms with Gasteiger partial charge in [-0.3, -0.25) is 34.8 Å². The van der Waals surface area contributed by atoms with Gasteiger partial charge in [-0.25, -0.2) is 24.1 Å². The Morgan fingerprint density at radius 1 is 0.909 bits per heavy atom. The molecule has 0 bridgehead atoms. The first kappa shape index (κ1) is 34.7. The van der Waals surface area contributed by atoms with E-state index in [9.17, 15) is 19.2 Å². The zero-order chi connectivity index (χ0) is 37.6. The number of thiazole rings is 1. The number of anilines is 3. The molecule has 2 N–H and O–H groups in total. The number of carbonyl (C=O) groups excluding carboxylic acids is 4. The molecule has 55 heavy (non-hydrogen) atoms. The Hall–Kier alpha value is -6.00. The smallest absolute Gasteiger partial charge is 0.329 e. The van der Waals surface area contributed by atoms with Crippen LogP contribution in [0.1, 0.15) is 51.8 Å². The summed E-state index contributed by atoms with van der Waals surface area (Å²) in [5.74, 6) is -1.09. The third-order valence-corrected chi connectivity index (χ3v) is 11.5. The molecule has 3 aromatic heterocycles. The first-order valence-corrected chi connectivity index (χ1v) is 19.2. The molecule has 14 nitrogen and oxygen atoms in total. The van der Waals surface area contributed by atoms with E-state index in [1.54, 1.807) is 30.2 Å². The summed E-state index contributed by atoms with van der Waals surface area (Å²) in [6.07, 6.45) is 6.91. The van der Waals surface area contributed by atoms with Crippen molar-refractivity contribution < 1.29 is 23.6 Å². The highest BCUT2D eigenvalue weighted by Crippen LogP contribution is 2.38. The molecule has 16 heteroatoms. The Labute approximate surface area is 319 Å². The molecule has 2 fully saturated rings. The van der Waals surface area contributed by atoms with Gasteiger partial charge in [-0.1, -0.05) is 12.1 Å². The lowest BCUT2D eigenvalue weighted by Crippen LogP contribution is -2.50. The summed E-state index contributed by atoms with van der Waals surface area (Å²) in [4.78, 5) is 72.4. The number of aryl methyl sites for hydroxylation is 1. The number of fused-ring (bicyclic) bond motifs is 2. The van der Waals surface area contributed by atoms with Crippen LogP contribution in [0.3, 0.4) is 0 Å². The van der Waals surface area contributed by atoms with Gasteiger partial charge in [0.25, 0.3) is 11.8 Å². The van der Waals surface area contributed by atoms with Crippen molar-refractivity contribution in [2.24, 2.45) is 0 Å². The van der Waals surface area contributed by atoms with E-state index in [-0.39, 0.29) is 30.0 Å². The van der Waals surface area contributed by atoms with Crippen molar-refractivity contribution >= 4 is 51.7 Å². The van der Waals surface area contributed by atoms with Crippen molar-refractivity contribution in [1.82, 2.24) is 34.6 Å². The van der Waals surface area contributed by atoms with Crippen LogP contribution in [0.4, 0.5) is 25.8 Å². The maximum Gasteiger partial charge on any atom is 0.329 e. The molecular formula is C39H37FN10O4S. The number of hydrogen-bond donors (Lipinski definition) is 2. The second kappa shape index (κ2) is 14.3. The van der Waals surface area contributed by atoms with Crippen LogP contribution in [0, 0.1) is 5.82 Å². The van der Waals surface area contributed by atoms with Crippen LogP contribution in [0.2, 0.25) is 0 Å². The molecule has 1 atom stereocenters. The number of rotatable bonds is 9. The predicted octanol–water partition coefficient (Wildman–Crippen LogP) is 4.59. The van der Waals surface area contributed by atoms with E-state index in [0.29, 0.717) is 35.3 Å². The SMILES string of the molecule is O=C1CCN(c2cc(CN3CCN(c4ccc(-c5cc(F)c6c(c5)C(=O)N(C(C(=O)Nc5nccs5)c5ncn7c5CCC7)C6)cc4)CC3)ccn2)C(=O)N1. The predicted molar refractivity (Wildman–Crippen MR) is 203 cm³/mol. The zero-order valence-corrected chi connectivity index (χ0v) is 30.6. The van der Waals surface area contributed by atoms with Crippen molar-refractivity contribution in [2.75, 3.05) is 47.8 Å². The standard InChI is InChI=1S/C39H37FN10O4S/c40-30-20-26(19-28-29(30)22-50(37(28)53)35(36(52)45-38-42-10-17-55-38)34-31-2-1-11-48(31)23-43-34)25-3-5-27(6-4-25)47-15-13-46(14-16-47)21-24-7-9-41-32(18-24)49-12-8-33(51)44-39(49)54/h3-7,9-10,17-20,23,35H,1-2,8,11-16,21-22H2,(H,42,45,52)(H,44,51,54). The van der Waals surface area contributed by atoms with E-state index in [0.717, 1.165) is 68.1 Å². The molecular weight excluding hydrogens is 724 g/mol. The van der Waals surface area contributed by atoms with Gasteiger partial charge in [0, 0.05) is 92.5 Å². The summed E-state index contributed by atoms with van der Waals surface area (Å²) in [6, 6.07) is 13.5. The van der Waals surface area contributed by atoms with E-state index >= 15 is 4.39 Å². The van der Waals surface area contributed by atoms with E-state index in [4.69, 9.17) is 0 Å². The topological polar surface area (TPSA) is 149 Å². The number of hydrogen-bond acceptors (Lipinski definition) is 10. The third kappa shape index (κ3) is 6.71. The molecule has 0 saturated carbocycles. The van der Waals surface area contributed by atoms with E-state index in [1.807, 2.05) is 41.0 Å². The average molecular weight is 761 g/mol. The van der Waals surface area contributed by atoms with Crippen LogP contribution in [-0.2, 0) is 35.6 Å². The molecule has 0 aliphatic carbocycles. The molecule has 5 amide bonds. The molecule has 2 aromatic carbocycles. The number of halogens is 1. The van der Waals surface area contributed by atoms with Crippen molar-refractivity contribution in [3.05, 3.63) is 107 Å². The van der Waals surface area contributed by atoms with Gasteiger partial charge in [-0.15, -0.1) is 11.3 Å². The number of piperazine rings is 1. The quantitative estimate of drug-likeness (QED) is 0.220. The van der Waals surface area contributed by atoms with Gasteiger partial charge in [-0.2, -0.15) is 0 Å².